The van der Waals surface area contributed by atoms with Crippen molar-refractivity contribution in [3.05, 3.63) is 24.3 Å². The number of unbranched alkanes of at least 4 members (excludes halogenated alkanes) is 7. The lowest BCUT2D eigenvalue weighted by molar-refractivity contribution is -0.152. The van der Waals surface area contributed by atoms with E-state index in [1.807, 2.05) is 0 Å². The van der Waals surface area contributed by atoms with Crippen LogP contribution >= 0.6 is 0 Å². The number of rotatable bonds is 32. The molecule has 274 valence electrons. The molecule has 1 heterocycles. The van der Waals surface area contributed by atoms with Gasteiger partial charge in [0.25, 0.3) is 0 Å². The molecule has 1 aliphatic heterocycles. The maximum atomic E-state index is 12.4. The topological polar surface area (TPSA) is 98.4 Å². The Kier molecular flexibility index (Phi) is 29.0. The van der Waals surface area contributed by atoms with E-state index in [-0.39, 0.29) is 30.3 Å². The van der Waals surface area contributed by atoms with Crippen LogP contribution in [0.3, 0.4) is 0 Å². The molecule has 2 N–H and O–H groups in total. The summed E-state index contributed by atoms with van der Waals surface area (Å²) in [5, 5.41) is 6.34. The van der Waals surface area contributed by atoms with Gasteiger partial charge in [-0.3, -0.25) is 9.59 Å². The number of amides is 1. The maximum absolute atomic E-state index is 12.4. The summed E-state index contributed by atoms with van der Waals surface area (Å²) in [6.07, 6.45) is 23.7. The zero-order valence-electron chi connectivity index (χ0n) is 30.6. The first-order valence-corrected chi connectivity index (χ1v) is 19.1. The number of ether oxygens (including phenoxy) is 4. The van der Waals surface area contributed by atoms with Gasteiger partial charge in [0, 0.05) is 45.9 Å². The van der Waals surface area contributed by atoms with Gasteiger partial charge >= 0.3 is 5.97 Å². The van der Waals surface area contributed by atoms with Crippen molar-refractivity contribution in [3.63, 3.8) is 0 Å². The molecule has 2 atom stereocenters. The summed E-state index contributed by atoms with van der Waals surface area (Å²) < 4.78 is 23.6. The fourth-order valence-electron chi connectivity index (χ4n) is 5.45. The van der Waals surface area contributed by atoms with E-state index in [0.717, 1.165) is 110 Å². The minimum atomic E-state index is -0.256. The highest BCUT2D eigenvalue weighted by Crippen LogP contribution is 2.13. The van der Waals surface area contributed by atoms with Crippen LogP contribution < -0.4 is 10.6 Å². The normalized spacial score (nSPS) is 16.7. The van der Waals surface area contributed by atoms with E-state index in [2.05, 4.69) is 67.5 Å². The molecule has 1 rings (SSSR count). The largest absolute Gasteiger partial charge is 0.466 e. The first-order chi connectivity index (χ1) is 23.0. The van der Waals surface area contributed by atoms with Gasteiger partial charge in [0.15, 0.2) is 6.29 Å². The summed E-state index contributed by atoms with van der Waals surface area (Å²) >= 11 is 0. The Hall–Kier alpha value is -1.78. The quantitative estimate of drug-likeness (QED) is 0.0340. The molecule has 0 radical (unpaired) electrons. The summed E-state index contributed by atoms with van der Waals surface area (Å²) in [6.45, 7) is 15.4. The number of nitrogens with zero attached hydrogens (tertiary/aromatic N) is 1. The lowest BCUT2D eigenvalue weighted by Crippen LogP contribution is -2.43. The van der Waals surface area contributed by atoms with E-state index in [1.165, 1.54) is 0 Å². The number of hydrogen-bond acceptors (Lipinski definition) is 8. The molecule has 0 aliphatic carbocycles. The van der Waals surface area contributed by atoms with E-state index in [9.17, 15) is 9.59 Å². The van der Waals surface area contributed by atoms with Gasteiger partial charge in [-0.05, 0) is 103 Å². The molecule has 0 aromatic rings. The van der Waals surface area contributed by atoms with Gasteiger partial charge in [-0.1, -0.05) is 58.4 Å². The van der Waals surface area contributed by atoms with E-state index in [0.29, 0.717) is 52.2 Å². The number of likely N-dealkylation sites (N-methyl/N-ethyl adjacent to an activating group) is 1. The third-order valence-corrected chi connectivity index (χ3v) is 8.45. The molecular weight excluding hydrogens is 594 g/mol. The number of carbonyl (C=O) groups excluding carboxylic acids is 2. The van der Waals surface area contributed by atoms with Gasteiger partial charge in [-0.2, -0.15) is 0 Å². The molecule has 47 heavy (non-hydrogen) atoms. The summed E-state index contributed by atoms with van der Waals surface area (Å²) in [7, 11) is 0. The second kappa shape index (κ2) is 31.5. The summed E-state index contributed by atoms with van der Waals surface area (Å²) in [5.41, 5.74) is 0. The molecule has 0 bridgehead atoms. The summed E-state index contributed by atoms with van der Waals surface area (Å²) in [4.78, 5) is 27.0. The number of carbonyl (C=O) groups is 2. The molecule has 1 fully saturated rings. The average Bonchev–Trinajstić information content (AvgIpc) is 3.56. The Bertz CT molecular complexity index is 780. The Balaban J connectivity index is 2.10. The van der Waals surface area contributed by atoms with Crippen LogP contribution in [0.15, 0.2) is 24.3 Å². The predicted molar refractivity (Wildman–Crippen MR) is 192 cm³/mol. The van der Waals surface area contributed by atoms with Crippen molar-refractivity contribution in [2.45, 2.75) is 149 Å². The first kappa shape index (κ1) is 43.2. The molecule has 0 saturated carbocycles. The van der Waals surface area contributed by atoms with Crippen molar-refractivity contribution in [1.82, 2.24) is 15.5 Å². The van der Waals surface area contributed by atoms with Crippen LogP contribution in [0.5, 0.6) is 0 Å². The van der Waals surface area contributed by atoms with E-state index in [1.54, 1.807) is 0 Å². The molecule has 0 aromatic carbocycles. The van der Waals surface area contributed by atoms with Crippen LogP contribution in [0.4, 0.5) is 0 Å². The van der Waals surface area contributed by atoms with E-state index in [4.69, 9.17) is 18.9 Å². The van der Waals surface area contributed by atoms with Crippen LogP contribution in [0.2, 0.25) is 0 Å². The highest BCUT2D eigenvalue weighted by molar-refractivity contribution is 5.82. The van der Waals surface area contributed by atoms with Crippen LogP contribution in [0.1, 0.15) is 130 Å². The van der Waals surface area contributed by atoms with Gasteiger partial charge in [-0.15, -0.1) is 0 Å². The monoisotopic (exact) mass is 666 g/mol. The van der Waals surface area contributed by atoms with E-state index < -0.39 is 0 Å². The van der Waals surface area contributed by atoms with Crippen LogP contribution in [-0.4, -0.2) is 94.4 Å². The minimum Gasteiger partial charge on any atom is -0.466 e. The lowest BCUT2D eigenvalue weighted by Gasteiger charge is -2.19. The van der Waals surface area contributed by atoms with Crippen LogP contribution in [-0.2, 0) is 28.5 Å². The zero-order chi connectivity index (χ0) is 34.2. The van der Waals surface area contributed by atoms with E-state index >= 15 is 0 Å². The second-order valence-corrected chi connectivity index (χ2v) is 12.5. The summed E-state index contributed by atoms with van der Waals surface area (Å²) in [5.74, 6) is -0.0692. The molecular formula is C38H71N3O6. The van der Waals surface area contributed by atoms with Crippen molar-refractivity contribution in [1.29, 1.82) is 0 Å². The highest BCUT2D eigenvalue weighted by Gasteiger charge is 2.29. The van der Waals surface area contributed by atoms with Crippen molar-refractivity contribution < 1.29 is 28.5 Å². The number of allylic oxidation sites excluding steroid dienone is 4. The first-order valence-electron chi connectivity index (χ1n) is 19.1. The van der Waals surface area contributed by atoms with Crippen LogP contribution in [0, 0.1) is 0 Å². The second-order valence-electron chi connectivity index (χ2n) is 12.5. The van der Waals surface area contributed by atoms with Gasteiger partial charge in [-0.25, -0.2) is 0 Å². The zero-order valence-corrected chi connectivity index (χ0v) is 30.6. The fourth-order valence-corrected chi connectivity index (χ4v) is 5.45. The van der Waals surface area contributed by atoms with Gasteiger partial charge in [0.1, 0.15) is 0 Å². The Morgan fingerprint density at radius 1 is 0.787 bits per heavy atom. The van der Waals surface area contributed by atoms with Crippen molar-refractivity contribution >= 4 is 11.9 Å². The molecule has 1 saturated heterocycles. The molecule has 1 aliphatic rings. The smallest absolute Gasteiger partial charge is 0.305 e. The Morgan fingerprint density at radius 3 is 2.02 bits per heavy atom. The Morgan fingerprint density at radius 2 is 1.40 bits per heavy atom. The molecule has 9 heteroatoms. The van der Waals surface area contributed by atoms with Crippen molar-refractivity contribution in [2.75, 3.05) is 59.2 Å². The lowest BCUT2D eigenvalue weighted by atomic mass is 10.2. The van der Waals surface area contributed by atoms with Gasteiger partial charge < -0.3 is 34.5 Å². The van der Waals surface area contributed by atoms with Gasteiger partial charge in [0.05, 0.1) is 18.8 Å². The number of nitrogens with one attached hydrogen (secondary N) is 2. The molecule has 1 amide bonds. The predicted octanol–water partition coefficient (Wildman–Crippen LogP) is 7.10. The third kappa shape index (κ3) is 24.9. The average molecular weight is 666 g/mol. The standard InChI is InChI=1S/C38H71N3O6/c1-5-9-11-13-15-21-30-46-37(47-31-22-16-14-12-10-6-2)25-23-24-36(42)45-29-20-18-17-19-28-44-34-32-35(40-33-34)38(43)39-26-27-41(7-3)8-4/h9-12,34-35,37,40H,5-8,13-33H2,1-4H3,(H,39,43)/b11-9-,12-10-. The maximum Gasteiger partial charge on any atom is 0.305 e. The Labute approximate surface area is 287 Å². The van der Waals surface area contributed by atoms with Gasteiger partial charge in [0.2, 0.25) is 5.91 Å². The fraction of sp³-hybridized carbons (Fsp3) is 0.842. The van der Waals surface area contributed by atoms with Crippen LogP contribution in [0.25, 0.3) is 0 Å². The molecule has 9 nitrogen and oxygen atoms in total. The van der Waals surface area contributed by atoms with Crippen molar-refractivity contribution in [3.8, 4) is 0 Å². The molecule has 2 unspecified atom stereocenters. The summed E-state index contributed by atoms with van der Waals surface area (Å²) in [6, 6.07) is -0.164. The van der Waals surface area contributed by atoms with Crippen molar-refractivity contribution in [2.24, 2.45) is 0 Å². The highest BCUT2D eigenvalue weighted by atomic mass is 16.7. The molecule has 0 spiro atoms. The number of esters is 1. The minimum absolute atomic E-state index is 0.0716. The molecule has 0 aromatic heterocycles. The SMILES string of the molecule is CC/C=C\CCCCOC(CCCC(=O)OCCCCCCOC1CNC(C(=O)NCCN(CC)CC)C1)OCCCC/C=C\CC. The number of hydrogen-bond donors (Lipinski definition) is 2. The third-order valence-electron chi connectivity index (χ3n) is 8.45.